The van der Waals surface area contributed by atoms with Crippen LogP contribution in [0.3, 0.4) is 0 Å². The minimum absolute atomic E-state index is 0.128. The molecule has 1 nitrogen and oxygen atoms in total. The predicted molar refractivity (Wildman–Crippen MR) is 46.1 cm³/mol. The number of hydrogen-bond acceptors (Lipinski definition) is 2. The van der Waals surface area contributed by atoms with Crippen LogP contribution in [0.5, 0.6) is 0 Å². The molecule has 0 N–H and O–H groups in total. The van der Waals surface area contributed by atoms with Gasteiger partial charge in [-0.1, -0.05) is 0 Å². The summed E-state index contributed by atoms with van der Waals surface area (Å²) in [5, 5.41) is 0. The maximum atomic E-state index is 12.7. The van der Waals surface area contributed by atoms with E-state index in [-0.39, 0.29) is 11.6 Å². The smallest absolute Gasteiger partial charge is 0.164 e. The second-order valence-corrected chi connectivity index (χ2v) is 3.80. The van der Waals surface area contributed by atoms with Crippen molar-refractivity contribution in [1.82, 2.24) is 0 Å². The van der Waals surface area contributed by atoms with Crippen LogP contribution in [0.4, 0.5) is 4.39 Å². The molecule has 12 heavy (non-hydrogen) atoms. The van der Waals surface area contributed by atoms with Crippen molar-refractivity contribution in [3.05, 3.63) is 29.6 Å². The van der Waals surface area contributed by atoms with Crippen molar-refractivity contribution in [2.45, 2.75) is 11.3 Å². The Bertz CT molecular complexity index is 335. The topological polar surface area (TPSA) is 17.1 Å². The van der Waals surface area contributed by atoms with E-state index in [1.807, 2.05) is 0 Å². The molecule has 1 aliphatic heterocycles. The molecule has 0 spiro atoms. The van der Waals surface area contributed by atoms with Gasteiger partial charge >= 0.3 is 0 Å². The first-order valence-electron chi connectivity index (χ1n) is 3.73. The largest absolute Gasteiger partial charge is 0.294 e. The van der Waals surface area contributed by atoms with Crippen molar-refractivity contribution in [3.63, 3.8) is 0 Å². The highest BCUT2D eigenvalue weighted by molar-refractivity contribution is 7.99. The summed E-state index contributed by atoms with van der Waals surface area (Å²) in [5.41, 5.74) is 0.674. The van der Waals surface area contributed by atoms with Gasteiger partial charge in [-0.3, -0.25) is 4.79 Å². The summed E-state index contributed by atoms with van der Waals surface area (Å²) in [6.45, 7) is 0. The molecule has 1 aromatic carbocycles. The molecule has 2 rings (SSSR count). The minimum Gasteiger partial charge on any atom is -0.294 e. The summed E-state index contributed by atoms with van der Waals surface area (Å²) in [5.74, 6) is 0.634. The Labute approximate surface area is 74.0 Å². The second-order valence-electron chi connectivity index (χ2n) is 2.66. The van der Waals surface area contributed by atoms with Gasteiger partial charge in [0.2, 0.25) is 0 Å². The molecule has 0 radical (unpaired) electrons. The first-order valence-corrected chi connectivity index (χ1v) is 4.71. The van der Waals surface area contributed by atoms with Gasteiger partial charge in [0.1, 0.15) is 5.82 Å². The fourth-order valence-electron chi connectivity index (χ4n) is 1.23. The number of fused-ring (bicyclic) bond motifs is 1. The van der Waals surface area contributed by atoms with Gasteiger partial charge in [0.05, 0.1) is 0 Å². The summed E-state index contributed by atoms with van der Waals surface area (Å²) in [4.78, 5) is 12.0. The third kappa shape index (κ3) is 1.25. The van der Waals surface area contributed by atoms with Crippen LogP contribution in [-0.4, -0.2) is 11.5 Å². The van der Waals surface area contributed by atoms with Gasteiger partial charge in [-0.15, -0.1) is 11.8 Å². The Kier molecular flexibility index (Phi) is 1.89. The van der Waals surface area contributed by atoms with E-state index in [1.54, 1.807) is 17.8 Å². The van der Waals surface area contributed by atoms with Crippen LogP contribution in [0, 0.1) is 5.82 Å². The molecular formula is C9H7FOS. The number of thioether (sulfide) groups is 1. The number of hydrogen-bond donors (Lipinski definition) is 0. The molecule has 1 aliphatic rings. The van der Waals surface area contributed by atoms with Crippen LogP contribution in [-0.2, 0) is 0 Å². The molecule has 0 aliphatic carbocycles. The number of halogens is 1. The second kappa shape index (κ2) is 2.90. The highest BCUT2D eigenvalue weighted by atomic mass is 32.2. The lowest BCUT2D eigenvalue weighted by Gasteiger charge is -2.12. The van der Waals surface area contributed by atoms with Crippen LogP contribution in [0.2, 0.25) is 0 Å². The normalized spacial score (nSPS) is 15.9. The molecular weight excluding hydrogens is 175 g/mol. The lowest BCUT2D eigenvalue weighted by Crippen LogP contribution is -2.07. The third-order valence-corrected chi connectivity index (χ3v) is 2.89. The molecule has 1 heterocycles. The third-order valence-electron chi connectivity index (χ3n) is 1.83. The highest BCUT2D eigenvalue weighted by Crippen LogP contribution is 2.30. The van der Waals surface area contributed by atoms with Crippen molar-refractivity contribution in [1.29, 1.82) is 0 Å². The molecule has 0 saturated heterocycles. The van der Waals surface area contributed by atoms with Crippen molar-refractivity contribution >= 4 is 17.5 Å². The van der Waals surface area contributed by atoms with E-state index in [0.29, 0.717) is 12.0 Å². The quantitative estimate of drug-likeness (QED) is 0.613. The van der Waals surface area contributed by atoms with Crippen LogP contribution < -0.4 is 0 Å². The van der Waals surface area contributed by atoms with E-state index in [9.17, 15) is 9.18 Å². The number of ketones is 1. The Morgan fingerprint density at radius 3 is 3.08 bits per heavy atom. The SMILES string of the molecule is O=C1CCSc2cc(F)ccc21. The first-order chi connectivity index (χ1) is 5.77. The molecule has 0 unspecified atom stereocenters. The van der Waals surface area contributed by atoms with Crippen molar-refractivity contribution in [2.75, 3.05) is 5.75 Å². The standard InChI is InChI=1S/C9H7FOS/c10-6-1-2-7-8(11)3-4-12-9(7)5-6/h1-2,5H,3-4H2. The number of Topliss-reactive ketones (excluding diaryl/α,β-unsaturated/α-hetero) is 1. The van der Waals surface area contributed by atoms with E-state index >= 15 is 0 Å². The molecule has 0 aromatic heterocycles. The number of benzene rings is 1. The average molecular weight is 182 g/mol. The van der Waals surface area contributed by atoms with Crippen LogP contribution >= 0.6 is 11.8 Å². The molecule has 0 saturated carbocycles. The predicted octanol–water partition coefficient (Wildman–Crippen LogP) is 2.50. The van der Waals surface area contributed by atoms with E-state index < -0.39 is 0 Å². The maximum absolute atomic E-state index is 12.7. The van der Waals surface area contributed by atoms with Gasteiger partial charge in [-0.25, -0.2) is 4.39 Å². The molecule has 0 atom stereocenters. The van der Waals surface area contributed by atoms with Crippen molar-refractivity contribution in [2.24, 2.45) is 0 Å². The zero-order valence-corrected chi connectivity index (χ0v) is 7.16. The lowest BCUT2D eigenvalue weighted by molar-refractivity contribution is 0.0984. The van der Waals surface area contributed by atoms with E-state index in [0.717, 1.165) is 10.6 Å². The van der Waals surface area contributed by atoms with Crippen LogP contribution in [0.15, 0.2) is 23.1 Å². The van der Waals surface area contributed by atoms with Crippen LogP contribution in [0.25, 0.3) is 0 Å². The highest BCUT2D eigenvalue weighted by Gasteiger charge is 2.17. The number of rotatable bonds is 0. The number of carbonyl (C=O) groups is 1. The Morgan fingerprint density at radius 1 is 1.42 bits per heavy atom. The summed E-state index contributed by atoms with van der Waals surface area (Å²) in [6.07, 6.45) is 0.573. The molecule has 0 fully saturated rings. The summed E-state index contributed by atoms with van der Waals surface area (Å²) in [7, 11) is 0. The minimum atomic E-state index is -0.268. The van der Waals surface area contributed by atoms with E-state index in [2.05, 4.69) is 0 Å². The van der Waals surface area contributed by atoms with Gasteiger partial charge in [-0.05, 0) is 18.2 Å². The Hall–Kier alpha value is -0.830. The summed E-state index contributed by atoms with van der Waals surface area (Å²) >= 11 is 1.55. The fourth-order valence-corrected chi connectivity index (χ4v) is 2.27. The van der Waals surface area contributed by atoms with E-state index in [1.165, 1.54) is 12.1 Å². The van der Waals surface area contributed by atoms with Crippen LogP contribution in [0.1, 0.15) is 16.8 Å². The fraction of sp³-hybridized carbons (Fsp3) is 0.222. The van der Waals surface area contributed by atoms with Crippen molar-refractivity contribution in [3.8, 4) is 0 Å². The Morgan fingerprint density at radius 2 is 2.25 bits per heavy atom. The van der Waals surface area contributed by atoms with Gasteiger partial charge < -0.3 is 0 Å². The van der Waals surface area contributed by atoms with E-state index in [4.69, 9.17) is 0 Å². The average Bonchev–Trinajstić information content (AvgIpc) is 2.04. The van der Waals surface area contributed by atoms with Gasteiger partial charge in [0.15, 0.2) is 5.78 Å². The monoisotopic (exact) mass is 182 g/mol. The first kappa shape index (κ1) is 7.80. The summed E-state index contributed by atoms with van der Waals surface area (Å²) in [6, 6.07) is 4.33. The van der Waals surface area contributed by atoms with Crippen molar-refractivity contribution < 1.29 is 9.18 Å². The van der Waals surface area contributed by atoms with Gasteiger partial charge in [0.25, 0.3) is 0 Å². The molecule has 3 heteroatoms. The zero-order valence-electron chi connectivity index (χ0n) is 6.34. The molecule has 0 amide bonds. The van der Waals surface area contributed by atoms with Gasteiger partial charge in [0, 0.05) is 22.6 Å². The molecule has 0 bridgehead atoms. The lowest BCUT2D eigenvalue weighted by atomic mass is 10.1. The summed E-state index contributed by atoms with van der Waals surface area (Å²) < 4.78 is 12.7. The zero-order chi connectivity index (χ0) is 8.55. The van der Waals surface area contributed by atoms with Gasteiger partial charge in [-0.2, -0.15) is 0 Å². The maximum Gasteiger partial charge on any atom is 0.164 e. The molecule has 1 aromatic rings. The Balaban J connectivity index is 2.53. The molecule has 62 valence electrons. The number of carbonyl (C=O) groups excluding carboxylic acids is 1.